The van der Waals surface area contributed by atoms with Crippen molar-refractivity contribution >= 4 is 45.1 Å². The van der Waals surface area contributed by atoms with Gasteiger partial charge in [-0.15, -0.1) is 0 Å². The summed E-state index contributed by atoms with van der Waals surface area (Å²) in [6, 6.07) is 9.88. The van der Waals surface area contributed by atoms with Crippen molar-refractivity contribution in [2.24, 2.45) is 0 Å². The summed E-state index contributed by atoms with van der Waals surface area (Å²) in [5, 5.41) is 12.0. The van der Waals surface area contributed by atoms with Crippen LogP contribution < -0.4 is 5.32 Å². The molecule has 2 aromatic carbocycles. The molecule has 2 rings (SSSR count). The van der Waals surface area contributed by atoms with Gasteiger partial charge in [-0.05, 0) is 63.3 Å². The maximum atomic E-state index is 12.8. The molecule has 0 aromatic heterocycles. The second-order valence-electron chi connectivity index (χ2n) is 6.37. The number of hydrogen-bond acceptors (Lipinski definition) is 2. The Morgan fingerprint density at radius 3 is 2.17 bits per heavy atom. The molecule has 6 heteroatoms. The van der Waals surface area contributed by atoms with E-state index in [2.05, 4.69) is 21.2 Å². The van der Waals surface area contributed by atoms with Gasteiger partial charge >= 0.3 is 6.09 Å². The van der Waals surface area contributed by atoms with Gasteiger partial charge in [0, 0.05) is 26.3 Å². The van der Waals surface area contributed by atoms with Crippen LogP contribution in [0.15, 0.2) is 40.9 Å². The third kappa shape index (κ3) is 3.97. The molecule has 0 aliphatic heterocycles. The molecule has 0 atom stereocenters. The SMILES string of the molecule is CC(C)(C)c1c(NC(=O)O)ccc(C(=O)c2ccc(Cl)cc2)c1Br. The Hall–Kier alpha value is -1.85. The predicted octanol–water partition coefficient (Wildman–Crippen LogP) is 5.72. The molecule has 1 amide bonds. The third-order valence-electron chi connectivity index (χ3n) is 3.48. The molecular weight excluding hydrogens is 394 g/mol. The fraction of sp³-hybridized carbons (Fsp3) is 0.222. The molecule has 0 heterocycles. The van der Waals surface area contributed by atoms with E-state index in [1.807, 2.05) is 20.8 Å². The molecule has 126 valence electrons. The molecule has 0 saturated heterocycles. The number of nitrogens with one attached hydrogen (secondary N) is 1. The number of ketones is 1. The number of hydrogen-bond donors (Lipinski definition) is 2. The maximum Gasteiger partial charge on any atom is 0.409 e. The maximum absolute atomic E-state index is 12.8. The molecule has 0 spiro atoms. The average Bonchev–Trinajstić information content (AvgIpc) is 2.45. The Kier molecular flexibility index (Phi) is 5.35. The second-order valence-corrected chi connectivity index (χ2v) is 7.60. The molecule has 0 bridgehead atoms. The minimum Gasteiger partial charge on any atom is -0.465 e. The topological polar surface area (TPSA) is 66.4 Å². The smallest absolute Gasteiger partial charge is 0.409 e. The molecule has 0 aliphatic carbocycles. The third-order valence-corrected chi connectivity index (χ3v) is 4.56. The van der Waals surface area contributed by atoms with E-state index in [1.165, 1.54) is 0 Å². The summed E-state index contributed by atoms with van der Waals surface area (Å²) in [6.07, 6.45) is -1.15. The summed E-state index contributed by atoms with van der Waals surface area (Å²) in [5.74, 6) is -0.161. The van der Waals surface area contributed by atoms with E-state index in [0.717, 1.165) is 5.56 Å². The van der Waals surface area contributed by atoms with E-state index in [-0.39, 0.29) is 11.2 Å². The lowest BCUT2D eigenvalue weighted by Crippen LogP contribution is -2.19. The summed E-state index contributed by atoms with van der Waals surface area (Å²) < 4.78 is 0.584. The minimum absolute atomic E-state index is 0.161. The first-order valence-corrected chi connectivity index (χ1v) is 8.41. The number of anilines is 1. The lowest BCUT2D eigenvalue weighted by molar-refractivity contribution is 0.103. The highest BCUT2D eigenvalue weighted by molar-refractivity contribution is 9.10. The Labute approximate surface area is 154 Å². The van der Waals surface area contributed by atoms with Crippen LogP contribution >= 0.6 is 27.5 Å². The van der Waals surface area contributed by atoms with Gasteiger partial charge in [-0.2, -0.15) is 0 Å². The molecule has 0 radical (unpaired) electrons. The lowest BCUT2D eigenvalue weighted by atomic mass is 9.84. The van der Waals surface area contributed by atoms with Crippen molar-refractivity contribution in [2.75, 3.05) is 5.32 Å². The first-order valence-electron chi connectivity index (χ1n) is 7.24. The highest BCUT2D eigenvalue weighted by atomic mass is 79.9. The highest BCUT2D eigenvalue weighted by Crippen LogP contribution is 2.38. The molecule has 0 unspecified atom stereocenters. The molecule has 4 nitrogen and oxygen atoms in total. The number of halogens is 2. The second kappa shape index (κ2) is 6.95. The van der Waals surface area contributed by atoms with Gasteiger partial charge in [-0.25, -0.2) is 4.79 Å². The van der Waals surface area contributed by atoms with E-state index < -0.39 is 6.09 Å². The lowest BCUT2D eigenvalue weighted by Gasteiger charge is -2.25. The molecule has 2 N–H and O–H groups in total. The Morgan fingerprint density at radius 2 is 1.67 bits per heavy atom. The number of benzene rings is 2. The van der Waals surface area contributed by atoms with Crippen molar-refractivity contribution in [3.8, 4) is 0 Å². The zero-order valence-electron chi connectivity index (χ0n) is 13.5. The van der Waals surface area contributed by atoms with Gasteiger partial charge in [-0.3, -0.25) is 10.1 Å². The van der Waals surface area contributed by atoms with Gasteiger partial charge in [0.2, 0.25) is 0 Å². The fourth-order valence-electron chi connectivity index (χ4n) is 2.46. The monoisotopic (exact) mass is 409 g/mol. The normalized spacial score (nSPS) is 11.2. The number of carbonyl (C=O) groups excluding carboxylic acids is 1. The van der Waals surface area contributed by atoms with Crippen molar-refractivity contribution in [1.29, 1.82) is 0 Å². The Morgan fingerprint density at radius 1 is 1.08 bits per heavy atom. The quantitative estimate of drug-likeness (QED) is 0.636. The number of rotatable bonds is 3. The van der Waals surface area contributed by atoms with E-state index in [9.17, 15) is 9.59 Å². The molecule has 24 heavy (non-hydrogen) atoms. The van der Waals surface area contributed by atoms with Crippen LogP contribution in [0, 0.1) is 0 Å². The number of carbonyl (C=O) groups is 2. The molecule has 0 saturated carbocycles. The Bertz CT molecular complexity index is 795. The fourth-order valence-corrected chi connectivity index (χ4v) is 3.71. The van der Waals surface area contributed by atoms with E-state index in [4.69, 9.17) is 16.7 Å². The highest BCUT2D eigenvalue weighted by Gasteiger charge is 2.26. The van der Waals surface area contributed by atoms with Crippen LogP contribution in [-0.2, 0) is 5.41 Å². The first kappa shape index (κ1) is 18.5. The predicted molar refractivity (Wildman–Crippen MR) is 99.4 cm³/mol. The van der Waals surface area contributed by atoms with Gasteiger partial charge in [-0.1, -0.05) is 32.4 Å². The zero-order chi connectivity index (χ0) is 18.1. The molecule has 0 fully saturated rings. The summed E-state index contributed by atoms with van der Waals surface area (Å²) in [6.45, 7) is 5.87. The van der Waals surface area contributed by atoms with Crippen molar-refractivity contribution in [3.63, 3.8) is 0 Å². The molecule has 0 aliphatic rings. The zero-order valence-corrected chi connectivity index (χ0v) is 15.8. The van der Waals surface area contributed by atoms with E-state index >= 15 is 0 Å². The minimum atomic E-state index is -1.15. The van der Waals surface area contributed by atoms with Crippen LogP contribution in [0.25, 0.3) is 0 Å². The van der Waals surface area contributed by atoms with Gasteiger partial charge in [0.05, 0.1) is 0 Å². The average molecular weight is 411 g/mol. The standard InChI is InChI=1S/C18H17BrClNO3/c1-18(2,3)14-13(21-17(23)24)9-8-12(15(14)19)16(22)10-4-6-11(20)7-5-10/h4-9,21H,1-3H3,(H,23,24). The van der Waals surface area contributed by atoms with Crippen LogP contribution in [0.2, 0.25) is 5.02 Å². The van der Waals surface area contributed by atoms with E-state index in [1.54, 1.807) is 36.4 Å². The van der Waals surface area contributed by atoms with Crippen LogP contribution in [0.1, 0.15) is 42.3 Å². The van der Waals surface area contributed by atoms with Crippen molar-refractivity contribution in [2.45, 2.75) is 26.2 Å². The van der Waals surface area contributed by atoms with Gasteiger partial charge in [0.15, 0.2) is 5.78 Å². The summed E-state index contributed by atoms with van der Waals surface area (Å²) >= 11 is 9.35. The van der Waals surface area contributed by atoms with Crippen LogP contribution in [0.4, 0.5) is 10.5 Å². The van der Waals surface area contributed by atoms with Crippen molar-refractivity contribution < 1.29 is 14.7 Å². The van der Waals surface area contributed by atoms with Crippen LogP contribution in [0.5, 0.6) is 0 Å². The van der Waals surface area contributed by atoms with E-state index in [0.29, 0.717) is 26.3 Å². The first-order chi connectivity index (χ1) is 11.1. The summed E-state index contributed by atoms with van der Waals surface area (Å²) in [7, 11) is 0. The van der Waals surface area contributed by atoms with Crippen molar-refractivity contribution in [3.05, 3.63) is 62.6 Å². The largest absolute Gasteiger partial charge is 0.465 e. The molecular formula is C18H17BrClNO3. The Balaban J connectivity index is 2.58. The van der Waals surface area contributed by atoms with Crippen LogP contribution in [0.3, 0.4) is 0 Å². The van der Waals surface area contributed by atoms with Crippen LogP contribution in [-0.4, -0.2) is 17.0 Å². The summed E-state index contributed by atoms with van der Waals surface area (Å²) in [5.41, 5.74) is 1.80. The van der Waals surface area contributed by atoms with Crippen molar-refractivity contribution in [1.82, 2.24) is 0 Å². The van der Waals surface area contributed by atoms with Gasteiger partial charge in [0.1, 0.15) is 0 Å². The van der Waals surface area contributed by atoms with Gasteiger partial charge in [0.25, 0.3) is 0 Å². The number of amides is 1. The number of carboxylic acid groups (broad SMARTS) is 1. The van der Waals surface area contributed by atoms with Gasteiger partial charge < -0.3 is 5.11 Å². The molecule has 2 aromatic rings. The summed E-state index contributed by atoms with van der Waals surface area (Å²) in [4.78, 5) is 23.8.